The largest absolute Gasteiger partial charge is 0.480 e. The average molecular weight is 303 g/mol. The quantitative estimate of drug-likeness (QED) is 0.592. The second-order valence-electron chi connectivity index (χ2n) is 6.47. The number of aliphatic hydroxyl groups excluding tert-OH is 1. The van der Waals surface area contributed by atoms with Crippen LogP contribution in [0, 0.1) is 10.8 Å². The summed E-state index contributed by atoms with van der Waals surface area (Å²) < 4.78 is 4.69. The van der Waals surface area contributed by atoms with Crippen molar-refractivity contribution in [1.82, 2.24) is 5.32 Å². The molecule has 1 amide bonds. The molecule has 0 aliphatic carbocycles. The lowest BCUT2D eigenvalue weighted by Crippen LogP contribution is -2.52. The van der Waals surface area contributed by atoms with Crippen LogP contribution >= 0.6 is 0 Å². The number of methoxy groups -OCH3 is 1. The first-order valence-corrected chi connectivity index (χ1v) is 6.65. The molecule has 0 unspecified atom stereocenters. The van der Waals surface area contributed by atoms with Gasteiger partial charge in [0.25, 0.3) is 0 Å². The Balaban J connectivity index is 5.03. The molecule has 7 nitrogen and oxygen atoms in total. The number of amides is 1. The number of ether oxygens (including phenoxy) is 1. The molecule has 0 aliphatic heterocycles. The molecule has 7 heteroatoms. The highest BCUT2D eigenvalue weighted by atomic mass is 16.5. The lowest BCUT2D eigenvalue weighted by atomic mass is 9.74. The Hall–Kier alpha value is -1.63. The number of hydrogen-bond acceptors (Lipinski definition) is 5. The molecule has 0 aromatic rings. The van der Waals surface area contributed by atoms with Crippen molar-refractivity contribution >= 4 is 17.8 Å². The Labute approximate surface area is 124 Å². The van der Waals surface area contributed by atoms with E-state index in [0.29, 0.717) is 0 Å². The summed E-state index contributed by atoms with van der Waals surface area (Å²) in [5.41, 5.74) is -1.89. The van der Waals surface area contributed by atoms with Crippen molar-refractivity contribution in [2.45, 2.75) is 53.2 Å². The third-order valence-corrected chi connectivity index (χ3v) is 3.27. The fourth-order valence-corrected chi connectivity index (χ4v) is 2.26. The fourth-order valence-electron chi connectivity index (χ4n) is 2.26. The third kappa shape index (κ3) is 5.34. The van der Waals surface area contributed by atoms with E-state index in [1.807, 2.05) is 0 Å². The molecule has 21 heavy (non-hydrogen) atoms. The molecule has 3 N–H and O–H groups in total. The van der Waals surface area contributed by atoms with E-state index in [2.05, 4.69) is 5.32 Å². The summed E-state index contributed by atoms with van der Waals surface area (Å²) in [5, 5.41) is 20.6. The van der Waals surface area contributed by atoms with Gasteiger partial charge >= 0.3 is 11.9 Å². The molecule has 0 rings (SSSR count). The van der Waals surface area contributed by atoms with Crippen molar-refractivity contribution in [3.8, 4) is 0 Å². The maximum absolute atomic E-state index is 12.2. The lowest BCUT2D eigenvalue weighted by molar-refractivity contribution is -0.154. The van der Waals surface area contributed by atoms with E-state index in [9.17, 15) is 19.5 Å². The topological polar surface area (TPSA) is 113 Å². The Kier molecular flexibility index (Phi) is 6.35. The molecule has 0 spiro atoms. The van der Waals surface area contributed by atoms with Gasteiger partial charge in [-0.3, -0.25) is 9.59 Å². The van der Waals surface area contributed by atoms with E-state index in [4.69, 9.17) is 9.84 Å². The van der Waals surface area contributed by atoms with E-state index in [1.54, 1.807) is 27.7 Å². The van der Waals surface area contributed by atoms with Crippen molar-refractivity contribution < 1.29 is 29.3 Å². The molecule has 0 bridgehead atoms. The molecule has 2 atom stereocenters. The van der Waals surface area contributed by atoms with Crippen LogP contribution in [0.15, 0.2) is 0 Å². The van der Waals surface area contributed by atoms with Gasteiger partial charge in [0.05, 0.1) is 18.6 Å². The Bertz CT molecular complexity index is 414. The summed E-state index contributed by atoms with van der Waals surface area (Å²) in [6.45, 7) is 7.79. The zero-order valence-electron chi connectivity index (χ0n) is 13.4. The predicted molar refractivity (Wildman–Crippen MR) is 75.4 cm³/mol. The molecule has 0 aromatic heterocycles. The van der Waals surface area contributed by atoms with Crippen LogP contribution in [-0.2, 0) is 19.1 Å². The highest BCUT2D eigenvalue weighted by Crippen LogP contribution is 2.34. The zero-order valence-corrected chi connectivity index (χ0v) is 13.4. The van der Waals surface area contributed by atoms with Gasteiger partial charge in [0.2, 0.25) is 5.91 Å². The summed E-state index contributed by atoms with van der Waals surface area (Å²) in [5.74, 6) is -2.32. The van der Waals surface area contributed by atoms with Crippen LogP contribution in [-0.4, -0.2) is 47.3 Å². The smallest absolute Gasteiger partial charge is 0.328 e. The number of nitrogens with one attached hydrogen (secondary N) is 1. The van der Waals surface area contributed by atoms with E-state index >= 15 is 0 Å². The van der Waals surface area contributed by atoms with Gasteiger partial charge in [-0.05, 0) is 27.2 Å². The summed E-state index contributed by atoms with van der Waals surface area (Å²) in [7, 11) is 1.27. The van der Waals surface area contributed by atoms with E-state index in [1.165, 1.54) is 14.0 Å². The van der Waals surface area contributed by atoms with Crippen LogP contribution in [0.25, 0.3) is 0 Å². The maximum Gasteiger partial charge on any atom is 0.328 e. The highest BCUT2D eigenvalue weighted by molar-refractivity contribution is 5.88. The van der Waals surface area contributed by atoms with Gasteiger partial charge in [-0.1, -0.05) is 13.8 Å². The van der Waals surface area contributed by atoms with Crippen molar-refractivity contribution in [2.75, 3.05) is 7.11 Å². The van der Waals surface area contributed by atoms with Crippen molar-refractivity contribution in [3.05, 3.63) is 0 Å². The summed E-state index contributed by atoms with van der Waals surface area (Å²) in [6.07, 6.45) is -1.05. The third-order valence-electron chi connectivity index (χ3n) is 3.27. The minimum Gasteiger partial charge on any atom is -0.480 e. The van der Waals surface area contributed by atoms with Crippen LogP contribution in [0.5, 0.6) is 0 Å². The normalized spacial score (nSPS) is 15.0. The van der Waals surface area contributed by atoms with Crippen LogP contribution in [0.2, 0.25) is 0 Å². The van der Waals surface area contributed by atoms with Crippen LogP contribution in [0.1, 0.15) is 41.0 Å². The second kappa shape index (κ2) is 6.89. The Morgan fingerprint density at radius 3 is 1.95 bits per heavy atom. The Morgan fingerprint density at radius 2 is 1.62 bits per heavy atom. The molecule has 0 saturated heterocycles. The van der Waals surface area contributed by atoms with Gasteiger partial charge in [0.1, 0.15) is 0 Å². The number of carbonyl (C=O) groups excluding carboxylic acids is 2. The van der Waals surface area contributed by atoms with Crippen molar-refractivity contribution in [1.29, 1.82) is 0 Å². The number of aliphatic carboxylic acids is 1. The first kappa shape index (κ1) is 19.4. The number of esters is 1. The standard InChI is InChI=1S/C14H25NO6/c1-8(16)9(10(17)18)15-11(19)13(2,3)7-14(4,5)12(20)21-6/h8-9,16H,7H2,1-6H3,(H,15,19)(H,17,18)/t8-,9+/m1/s1. The van der Waals surface area contributed by atoms with Gasteiger partial charge in [-0.15, -0.1) is 0 Å². The van der Waals surface area contributed by atoms with Crippen LogP contribution in [0.3, 0.4) is 0 Å². The molecule has 0 aromatic carbocycles. The number of hydrogen-bond donors (Lipinski definition) is 3. The number of carbonyl (C=O) groups is 3. The molecular formula is C14H25NO6. The average Bonchev–Trinajstić information content (AvgIpc) is 2.32. The minimum atomic E-state index is -1.39. The Morgan fingerprint density at radius 1 is 1.14 bits per heavy atom. The zero-order chi connectivity index (χ0) is 17.0. The van der Waals surface area contributed by atoms with Gasteiger partial charge in [0.15, 0.2) is 6.04 Å². The first-order chi connectivity index (χ1) is 9.35. The number of rotatable bonds is 7. The SMILES string of the molecule is COC(=O)C(C)(C)CC(C)(C)C(=O)N[C@H](C(=O)O)[C@@H](C)O. The summed E-state index contributed by atoms with van der Waals surface area (Å²) >= 11 is 0. The first-order valence-electron chi connectivity index (χ1n) is 6.65. The summed E-state index contributed by atoms with van der Waals surface area (Å²) in [4.78, 5) is 34.9. The lowest BCUT2D eigenvalue weighted by Gasteiger charge is -2.33. The molecule has 0 fully saturated rings. The monoisotopic (exact) mass is 303 g/mol. The number of aliphatic hydroxyl groups is 1. The molecule has 0 heterocycles. The molecule has 0 radical (unpaired) electrons. The van der Waals surface area contributed by atoms with Crippen LogP contribution < -0.4 is 5.32 Å². The van der Waals surface area contributed by atoms with Gasteiger partial charge in [-0.25, -0.2) is 4.79 Å². The van der Waals surface area contributed by atoms with Crippen molar-refractivity contribution in [2.24, 2.45) is 10.8 Å². The second-order valence-corrected chi connectivity index (χ2v) is 6.47. The predicted octanol–water partition coefficient (Wildman–Crippen LogP) is 0.552. The fraction of sp³-hybridized carbons (Fsp3) is 0.786. The van der Waals surface area contributed by atoms with E-state index in [0.717, 1.165) is 0 Å². The molecule has 0 aliphatic rings. The van der Waals surface area contributed by atoms with Gasteiger partial charge < -0.3 is 20.3 Å². The van der Waals surface area contributed by atoms with Crippen LogP contribution in [0.4, 0.5) is 0 Å². The van der Waals surface area contributed by atoms with E-state index < -0.39 is 40.8 Å². The van der Waals surface area contributed by atoms with E-state index in [-0.39, 0.29) is 6.42 Å². The van der Waals surface area contributed by atoms with Gasteiger partial charge in [0, 0.05) is 5.41 Å². The molecule has 0 saturated carbocycles. The molecular weight excluding hydrogens is 278 g/mol. The minimum absolute atomic E-state index is 0.171. The number of carboxylic acid groups (broad SMARTS) is 1. The molecule has 122 valence electrons. The summed E-state index contributed by atoms with van der Waals surface area (Å²) in [6, 6.07) is -1.39. The van der Waals surface area contributed by atoms with Gasteiger partial charge in [-0.2, -0.15) is 0 Å². The van der Waals surface area contributed by atoms with Crippen molar-refractivity contribution in [3.63, 3.8) is 0 Å². The highest BCUT2D eigenvalue weighted by Gasteiger charge is 2.41. The maximum atomic E-state index is 12.2. The number of carboxylic acids is 1.